The Morgan fingerprint density at radius 1 is 1.13 bits per heavy atom. The van der Waals surface area contributed by atoms with Gasteiger partial charge in [-0.05, 0) is 54.3 Å². The molecular weight excluding hydrogens is 306 g/mol. The van der Waals surface area contributed by atoms with Gasteiger partial charge in [0.1, 0.15) is 5.75 Å². The molecule has 0 aliphatic carbocycles. The van der Waals surface area contributed by atoms with E-state index in [2.05, 4.69) is 51.5 Å². The molecule has 0 atom stereocenters. The number of thiophene rings is 1. The van der Waals surface area contributed by atoms with E-state index in [0.717, 1.165) is 44.2 Å². The third-order valence-corrected chi connectivity index (χ3v) is 4.15. The van der Waals surface area contributed by atoms with Gasteiger partial charge in [0.05, 0.1) is 6.61 Å². The Kier molecular flexibility index (Phi) is 7.46. The molecule has 2 rings (SSSR count). The van der Waals surface area contributed by atoms with Crippen molar-refractivity contribution in [3.8, 4) is 5.75 Å². The molecule has 0 saturated heterocycles. The lowest BCUT2D eigenvalue weighted by atomic mass is 10.2. The lowest BCUT2D eigenvalue weighted by Gasteiger charge is -2.11. The number of benzene rings is 1. The number of nitrogens with zero attached hydrogens (tertiary/aromatic N) is 1. The van der Waals surface area contributed by atoms with Crippen molar-refractivity contribution in [3.05, 3.63) is 52.2 Å². The van der Waals surface area contributed by atoms with E-state index < -0.39 is 0 Å². The van der Waals surface area contributed by atoms with E-state index in [-0.39, 0.29) is 0 Å². The number of hydrogen-bond donors (Lipinski definition) is 2. The Bertz CT molecular complexity index is 579. The van der Waals surface area contributed by atoms with Crippen LogP contribution >= 0.6 is 11.3 Å². The molecule has 124 valence electrons. The Morgan fingerprint density at radius 3 is 2.65 bits per heavy atom. The van der Waals surface area contributed by atoms with Crippen LogP contribution in [0.25, 0.3) is 0 Å². The van der Waals surface area contributed by atoms with Gasteiger partial charge < -0.3 is 15.4 Å². The molecule has 0 aliphatic rings. The fraction of sp³-hybridized carbons (Fsp3) is 0.389. The largest absolute Gasteiger partial charge is 0.494 e. The van der Waals surface area contributed by atoms with Crippen molar-refractivity contribution in [2.75, 3.05) is 20.2 Å². The van der Waals surface area contributed by atoms with Gasteiger partial charge in [0.15, 0.2) is 5.96 Å². The summed E-state index contributed by atoms with van der Waals surface area (Å²) in [5.74, 6) is 1.78. The van der Waals surface area contributed by atoms with E-state index in [9.17, 15) is 0 Å². The van der Waals surface area contributed by atoms with E-state index in [1.54, 1.807) is 18.4 Å². The summed E-state index contributed by atoms with van der Waals surface area (Å²) in [5, 5.41) is 10.9. The quantitative estimate of drug-likeness (QED) is 0.441. The van der Waals surface area contributed by atoms with E-state index in [4.69, 9.17) is 4.74 Å². The van der Waals surface area contributed by atoms with Crippen LogP contribution in [0.5, 0.6) is 5.75 Å². The first-order valence-electron chi connectivity index (χ1n) is 7.93. The minimum Gasteiger partial charge on any atom is -0.494 e. The number of guanidine groups is 1. The molecule has 0 saturated carbocycles. The molecular formula is C18H25N3OS. The maximum absolute atomic E-state index is 5.72. The number of hydrogen-bond acceptors (Lipinski definition) is 3. The van der Waals surface area contributed by atoms with Crippen LogP contribution in [0.3, 0.4) is 0 Å². The van der Waals surface area contributed by atoms with Gasteiger partial charge in [0.25, 0.3) is 0 Å². The lowest BCUT2D eigenvalue weighted by Crippen LogP contribution is -2.37. The summed E-state index contributed by atoms with van der Waals surface area (Å²) in [7, 11) is 1.80. The first-order chi connectivity index (χ1) is 11.3. The Balaban J connectivity index is 1.54. The fourth-order valence-electron chi connectivity index (χ4n) is 2.06. The number of unbranched alkanes of at least 4 members (excludes halogenated alkanes) is 1. The molecule has 0 aliphatic heterocycles. The number of ether oxygens (including phenoxy) is 1. The van der Waals surface area contributed by atoms with E-state index in [1.807, 2.05) is 12.1 Å². The Labute approximate surface area is 142 Å². The zero-order valence-electron chi connectivity index (χ0n) is 13.8. The summed E-state index contributed by atoms with van der Waals surface area (Å²) < 4.78 is 5.72. The van der Waals surface area contributed by atoms with Gasteiger partial charge in [-0.1, -0.05) is 17.7 Å². The molecule has 2 aromatic rings. The molecule has 4 nitrogen and oxygen atoms in total. The van der Waals surface area contributed by atoms with E-state index in [0.29, 0.717) is 0 Å². The number of aliphatic imine (C=N–C) groups is 1. The van der Waals surface area contributed by atoms with Gasteiger partial charge in [0, 0.05) is 20.1 Å². The van der Waals surface area contributed by atoms with Crippen molar-refractivity contribution in [1.82, 2.24) is 10.6 Å². The number of rotatable bonds is 8. The fourth-order valence-corrected chi connectivity index (χ4v) is 2.73. The number of aryl methyl sites for hydroxylation is 1. The third kappa shape index (κ3) is 6.74. The SMILES string of the molecule is CN=C(NCCCCOc1ccc(C)cc1)NCc1ccsc1. The topological polar surface area (TPSA) is 45.7 Å². The monoisotopic (exact) mass is 331 g/mol. The predicted octanol–water partition coefficient (Wildman–Crippen LogP) is 3.58. The average Bonchev–Trinajstić information content (AvgIpc) is 3.08. The highest BCUT2D eigenvalue weighted by Gasteiger charge is 1.99. The molecule has 1 aromatic heterocycles. The summed E-state index contributed by atoms with van der Waals surface area (Å²) in [4.78, 5) is 4.23. The highest BCUT2D eigenvalue weighted by Crippen LogP contribution is 2.11. The smallest absolute Gasteiger partial charge is 0.191 e. The van der Waals surface area contributed by atoms with Gasteiger partial charge in [-0.25, -0.2) is 0 Å². The van der Waals surface area contributed by atoms with Gasteiger partial charge in [-0.15, -0.1) is 0 Å². The maximum Gasteiger partial charge on any atom is 0.191 e. The predicted molar refractivity (Wildman–Crippen MR) is 98.4 cm³/mol. The molecule has 0 unspecified atom stereocenters. The maximum atomic E-state index is 5.72. The molecule has 1 heterocycles. The van der Waals surface area contributed by atoms with Gasteiger partial charge in [-0.2, -0.15) is 11.3 Å². The Morgan fingerprint density at radius 2 is 1.96 bits per heavy atom. The summed E-state index contributed by atoms with van der Waals surface area (Å²) in [6.07, 6.45) is 2.06. The second kappa shape index (κ2) is 9.90. The van der Waals surface area contributed by atoms with Crippen LogP contribution in [0.1, 0.15) is 24.0 Å². The van der Waals surface area contributed by atoms with Crippen molar-refractivity contribution in [3.63, 3.8) is 0 Å². The van der Waals surface area contributed by atoms with Crippen LogP contribution in [-0.2, 0) is 6.54 Å². The molecule has 0 spiro atoms. The first-order valence-corrected chi connectivity index (χ1v) is 8.87. The summed E-state index contributed by atoms with van der Waals surface area (Å²) in [5.41, 5.74) is 2.53. The average molecular weight is 331 g/mol. The van der Waals surface area contributed by atoms with Crippen LogP contribution in [0.4, 0.5) is 0 Å². The zero-order valence-corrected chi connectivity index (χ0v) is 14.7. The van der Waals surface area contributed by atoms with Gasteiger partial charge >= 0.3 is 0 Å². The van der Waals surface area contributed by atoms with Crippen molar-refractivity contribution in [1.29, 1.82) is 0 Å². The molecule has 5 heteroatoms. The van der Waals surface area contributed by atoms with Crippen LogP contribution in [0, 0.1) is 6.92 Å². The van der Waals surface area contributed by atoms with Gasteiger partial charge in [0.2, 0.25) is 0 Å². The van der Waals surface area contributed by atoms with Crippen molar-refractivity contribution >= 4 is 17.3 Å². The molecule has 0 amide bonds. The standard InChI is InChI=1S/C18H25N3OS/c1-15-5-7-17(8-6-15)22-11-4-3-10-20-18(19-2)21-13-16-9-12-23-14-16/h5-9,12,14H,3-4,10-11,13H2,1-2H3,(H2,19,20,21). The lowest BCUT2D eigenvalue weighted by molar-refractivity contribution is 0.307. The molecule has 2 N–H and O–H groups in total. The second-order valence-electron chi connectivity index (χ2n) is 5.35. The van der Waals surface area contributed by atoms with Crippen molar-refractivity contribution in [2.45, 2.75) is 26.3 Å². The van der Waals surface area contributed by atoms with Crippen LogP contribution < -0.4 is 15.4 Å². The molecule has 23 heavy (non-hydrogen) atoms. The first kappa shape index (κ1) is 17.3. The van der Waals surface area contributed by atoms with Crippen molar-refractivity contribution < 1.29 is 4.74 Å². The minimum atomic E-state index is 0.742. The third-order valence-electron chi connectivity index (χ3n) is 3.42. The highest BCUT2D eigenvalue weighted by atomic mass is 32.1. The number of nitrogens with one attached hydrogen (secondary N) is 2. The second-order valence-corrected chi connectivity index (χ2v) is 6.13. The van der Waals surface area contributed by atoms with E-state index in [1.165, 1.54) is 11.1 Å². The minimum absolute atomic E-state index is 0.742. The molecule has 0 fully saturated rings. The summed E-state index contributed by atoms with van der Waals surface area (Å²) >= 11 is 1.71. The molecule has 0 radical (unpaired) electrons. The van der Waals surface area contributed by atoms with Gasteiger partial charge in [-0.3, -0.25) is 4.99 Å². The molecule has 1 aromatic carbocycles. The Hall–Kier alpha value is -2.01. The zero-order chi connectivity index (χ0) is 16.3. The molecule has 0 bridgehead atoms. The normalized spacial score (nSPS) is 11.3. The van der Waals surface area contributed by atoms with Crippen LogP contribution in [-0.4, -0.2) is 26.2 Å². The van der Waals surface area contributed by atoms with E-state index >= 15 is 0 Å². The van der Waals surface area contributed by atoms with Crippen LogP contribution in [0.15, 0.2) is 46.1 Å². The van der Waals surface area contributed by atoms with Crippen molar-refractivity contribution in [2.24, 2.45) is 4.99 Å². The van der Waals surface area contributed by atoms with Crippen LogP contribution in [0.2, 0.25) is 0 Å². The summed E-state index contributed by atoms with van der Waals surface area (Å²) in [6, 6.07) is 10.3. The highest BCUT2D eigenvalue weighted by molar-refractivity contribution is 7.07. The summed E-state index contributed by atoms with van der Waals surface area (Å²) in [6.45, 7) is 4.51.